The molecule has 160 valence electrons. The Morgan fingerprint density at radius 2 is 1.55 bits per heavy atom. The van der Waals surface area contributed by atoms with Crippen LogP contribution in [0.25, 0.3) is 0 Å². The summed E-state index contributed by atoms with van der Waals surface area (Å²) >= 11 is 0. The van der Waals surface area contributed by atoms with Crippen LogP contribution in [0.4, 0.5) is 0 Å². The fourth-order valence-corrected chi connectivity index (χ4v) is 6.80. The molecule has 4 rings (SSSR count). The number of nitrogens with zero attached hydrogens (tertiary/aromatic N) is 2. The Bertz CT molecular complexity index is 829. The minimum atomic E-state index is -3.58. The molecule has 1 amide bonds. The highest BCUT2D eigenvalue weighted by Gasteiger charge is 2.34. The molecule has 6 nitrogen and oxygen atoms in total. The molecule has 29 heavy (non-hydrogen) atoms. The van der Waals surface area contributed by atoms with E-state index >= 15 is 0 Å². The van der Waals surface area contributed by atoms with E-state index in [1.165, 1.54) is 30.0 Å². The van der Waals surface area contributed by atoms with E-state index < -0.39 is 10.0 Å². The van der Waals surface area contributed by atoms with Gasteiger partial charge < -0.3 is 9.64 Å². The lowest BCUT2D eigenvalue weighted by atomic mass is 9.75. The van der Waals surface area contributed by atoms with Gasteiger partial charge in [-0.05, 0) is 62.8 Å². The van der Waals surface area contributed by atoms with Crippen molar-refractivity contribution >= 4 is 15.9 Å². The zero-order chi connectivity index (χ0) is 20.6. The van der Waals surface area contributed by atoms with Crippen molar-refractivity contribution in [3.8, 4) is 0 Å². The number of carbonyl (C=O) groups excluding carboxylic acids is 1. The maximum Gasteiger partial charge on any atom is 0.253 e. The average Bonchev–Trinajstić information content (AvgIpc) is 2.72. The van der Waals surface area contributed by atoms with Gasteiger partial charge >= 0.3 is 0 Å². The Morgan fingerprint density at radius 1 is 0.931 bits per heavy atom. The summed E-state index contributed by atoms with van der Waals surface area (Å²) in [6, 6.07) is 6.46. The summed E-state index contributed by atoms with van der Waals surface area (Å²) in [6.45, 7) is 6.12. The summed E-state index contributed by atoms with van der Waals surface area (Å²) < 4.78 is 33.1. The van der Waals surface area contributed by atoms with Crippen LogP contribution < -0.4 is 0 Å². The third-order valence-electron chi connectivity index (χ3n) is 6.70. The van der Waals surface area contributed by atoms with Crippen molar-refractivity contribution in [1.82, 2.24) is 9.21 Å². The highest BCUT2D eigenvalue weighted by atomic mass is 32.2. The zero-order valence-electron chi connectivity index (χ0n) is 17.4. The Balaban J connectivity index is 1.45. The molecule has 1 aliphatic carbocycles. The first-order valence-corrected chi connectivity index (χ1v) is 12.3. The Kier molecular flexibility index (Phi) is 6.00. The molecule has 1 aromatic carbocycles. The summed E-state index contributed by atoms with van der Waals surface area (Å²) in [4.78, 5) is 15.2. The molecule has 0 N–H and O–H groups in total. The van der Waals surface area contributed by atoms with Gasteiger partial charge in [0.2, 0.25) is 10.0 Å². The van der Waals surface area contributed by atoms with Crippen LogP contribution in [0.3, 0.4) is 0 Å². The molecule has 7 heteroatoms. The molecule has 0 aromatic heterocycles. The van der Waals surface area contributed by atoms with Gasteiger partial charge in [0, 0.05) is 31.7 Å². The van der Waals surface area contributed by atoms with E-state index in [2.05, 4.69) is 0 Å². The predicted octanol–water partition coefficient (Wildman–Crippen LogP) is 3.14. The van der Waals surface area contributed by atoms with Crippen LogP contribution in [0, 0.1) is 11.8 Å². The molecule has 3 aliphatic rings. The maximum atomic E-state index is 13.0. The number of rotatable bonds is 3. The topological polar surface area (TPSA) is 66.9 Å². The Hall–Kier alpha value is -1.44. The van der Waals surface area contributed by atoms with Crippen LogP contribution in [0.1, 0.15) is 56.3 Å². The number of morpholine rings is 1. The van der Waals surface area contributed by atoms with E-state index in [9.17, 15) is 13.2 Å². The number of ether oxygens (including phenoxy) is 1. The minimum absolute atomic E-state index is 0.0200. The van der Waals surface area contributed by atoms with Gasteiger partial charge in [-0.1, -0.05) is 19.3 Å². The summed E-state index contributed by atoms with van der Waals surface area (Å²) in [5.41, 5.74) is 0.571. The van der Waals surface area contributed by atoms with Crippen LogP contribution in [-0.2, 0) is 14.8 Å². The Labute approximate surface area is 174 Å². The van der Waals surface area contributed by atoms with Crippen molar-refractivity contribution in [2.24, 2.45) is 11.8 Å². The Morgan fingerprint density at radius 3 is 2.21 bits per heavy atom. The number of amides is 1. The molecule has 0 unspecified atom stereocenters. The van der Waals surface area contributed by atoms with Crippen LogP contribution in [-0.4, -0.2) is 61.9 Å². The van der Waals surface area contributed by atoms with Crippen molar-refractivity contribution in [2.45, 2.75) is 63.1 Å². The van der Waals surface area contributed by atoms with E-state index in [0.29, 0.717) is 24.6 Å². The molecule has 2 heterocycles. The standard InChI is InChI=1S/C22H32N2O4S/c1-16-13-24(14-17(2)28-16)29(26,27)21-9-7-19(8-10-21)22(25)23-12-11-18-5-3-4-6-20(18)15-23/h7-10,16-18,20H,3-6,11-15H2,1-2H3/t16-,17-,18-,20+/m0/s1. The van der Waals surface area contributed by atoms with Crippen molar-refractivity contribution in [2.75, 3.05) is 26.2 Å². The molecule has 0 radical (unpaired) electrons. The number of piperidine rings is 1. The van der Waals surface area contributed by atoms with Gasteiger partial charge in [0.15, 0.2) is 0 Å². The highest BCUT2D eigenvalue weighted by Crippen LogP contribution is 2.36. The smallest absolute Gasteiger partial charge is 0.253 e. The third-order valence-corrected chi connectivity index (χ3v) is 8.55. The van der Waals surface area contributed by atoms with Crippen molar-refractivity contribution in [3.05, 3.63) is 29.8 Å². The van der Waals surface area contributed by atoms with Crippen molar-refractivity contribution < 1.29 is 17.9 Å². The van der Waals surface area contributed by atoms with Gasteiger partial charge in [0.1, 0.15) is 0 Å². The van der Waals surface area contributed by atoms with E-state index in [4.69, 9.17) is 4.74 Å². The summed E-state index contributed by atoms with van der Waals surface area (Å²) in [5, 5.41) is 0. The van der Waals surface area contributed by atoms with Crippen LogP contribution >= 0.6 is 0 Å². The molecule has 4 atom stereocenters. The lowest BCUT2D eigenvalue weighted by molar-refractivity contribution is -0.0440. The molecule has 2 aliphatic heterocycles. The predicted molar refractivity (Wildman–Crippen MR) is 111 cm³/mol. The van der Waals surface area contributed by atoms with E-state index in [-0.39, 0.29) is 23.0 Å². The SMILES string of the molecule is C[C@H]1CN(S(=O)(=O)c2ccc(C(=O)N3CC[C@@H]4CCCC[C@@H]4C3)cc2)C[C@H](C)O1. The van der Waals surface area contributed by atoms with Crippen LogP contribution in [0.15, 0.2) is 29.2 Å². The van der Waals surface area contributed by atoms with Gasteiger partial charge in [-0.25, -0.2) is 8.42 Å². The number of hydrogen-bond acceptors (Lipinski definition) is 4. The fraction of sp³-hybridized carbons (Fsp3) is 0.682. The quantitative estimate of drug-likeness (QED) is 0.753. The summed E-state index contributed by atoms with van der Waals surface area (Å²) in [6.07, 6.45) is 5.96. The maximum absolute atomic E-state index is 13.0. The first kappa shape index (κ1) is 20.8. The largest absolute Gasteiger partial charge is 0.373 e. The zero-order valence-corrected chi connectivity index (χ0v) is 18.2. The highest BCUT2D eigenvalue weighted by molar-refractivity contribution is 7.89. The summed E-state index contributed by atoms with van der Waals surface area (Å²) in [5.74, 6) is 1.43. The minimum Gasteiger partial charge on any atom is -0.373 e. The third kappa shape index (κ3) is 4.37. The van der Waals surface area contributed by atoms with Crippen LogP contribution in [0.2, 0.25) is 0 Å². The van der Waals surface area contributed by atoms with E-state index in [0.717, 1.165) is 25.4 Å². The molecular formula is C22H32N2O4S. The molecule has 0 spiro atoms. The number of hydrogen-bond donors (Lipinski definition) is 0. The van der Waals surface area contributed by atoms with Gasteiger partial charge in [-0.15, -0.1) is 0 Å². The number of benzene rings is 1. The molecule has 1 aromatic rings. The number of sulfonamides is 1. The van der Waals surface area contributed by atoms with Gasteiger partial charge in [-0.3, -0.25) is 4.79 Å². The van der Waals surface area contributed by atoms with Crippen molar-refractivity contribution in [1.29, 1.82) is 0 Å². The van der Waals surface area contributed by atoms with E-state index in [1.54, 1.807) is 24.3 Å². The van der Waals surface area contributed by atoms with Gasteiger partial charge in [-0.2, -0.15) is 4.31 Å². The molecule has 2 saturated heterocycles. The van der Waals surface area contributed by atoms with Gasteiger partial charge in [0.05, 0.1) is 17.1 Å². The number of carbonyl (C=O) groups is 1. The lowest BCUT2D eigenvalue weighted by Gasteiger charge is -2.41. The fourth-order valence-electron chi connectivity index (χ4n) is 5.21. The first-order valence-electron chi connectivity index (χ1n) is 10.9. The average molecular weight is 421 g/mol. The second-order valence-electron chi connectivity index (χ2n) is 8.95. The second kappa shape index (κ2) is 8.36. The molecule has 1 saturated carbocycles. The second-order valence-corrected chi connectivity index (χ2v) is 10.9. The normalized spacial score (nSPS) is 31.3. The van der Waals surface area contributed by atoms with Crippen molar-refractivity contribution in [3.63, 3.8) is 0 Å². The lowest BCUT2D eigenvalue weighted by Crippen LogP contribution is -2.48. The molecule has 3 fully saturated rings. The first-order chi connectivity index (χ1) is 13.8. The van der Waals surface area contributed by atoms with Gasteiger partial charge in [0.25, 0.3) is 5.91 Å². The number of likely N-dealkylation sites (tertiary alicyclic amines) is 1. The summed E-state index contributed by atoms with van der Waals surface area (Å²) in [7, 11) is -3.58. The molecular weight excluding hydrogens is 388 g/mol. The molecule has 0 bridgehead atoms. The number of fused-ring (bicyclic) bond motifs is 1. The van der Waals surface area contributed by atoms with Crippen LogP contribution in [0.5, 0.6) is 0 Å². The van der Waals surface area contributed by atoms with E-state index in [1.807, 2.05) is 18.7 Å². The monoisotopic (exact) mass is 420 g/mol.